The van der Waals surface area contributed by atoms with Crippen molar-refractivity contribution in [3.05, 3.63) is 0 Å². The van der Waals surface area contributed by atoms with E-state index in [4.69, 9.17) is 5.73 Å². The van der Waals surface area contributed by atoms with Crippen molar-refractivity contribution in [2.24, 2.45) is 11.7 Å². The molecule has 80 valence electrons. The quantitative estimate of drug-likeness (QED) is 0.672. The van der Waals surface area contributed by atoms with Crippen molar-refractivity contribution in [2.75, 3.05) is 6.54 Å². The van der Waals surface area contributed by atoms with Gasteiger partial charge in [-0.05, 0) is 12.3 Å². The van der Waals surface area contributed by atoms with Gasteiger partial charge in [0, 0.05) is 19.4 Å². The number of nitrogens with two attached hydrogens (primary N) is 1. The second-order valence-corrected chi connectivity index (χ2v) is 3.97. The van der Waals surface area contributed by atoms with E-state index in [1.165, 1.54) is 4.90 Å². The summed E-state index contributed by atoms with van der Waals surface area (Å²) in [5.41, 5.74) is 5.53. The molecular formula is C10H18N2O2. The molecule has 1 unspecified atom stereocenters. The number of amides is 2. The first-order chi connectivity index (χ1) is 6.60. The van der Waals surface area contributed by atoms with Crippen molar-refractivity contribution in [1.82, 2.24) is 4.90 Å². The predicted octanol–water partition coefficient (Wildman–Crippen LogP) is 0.509. The first-order valence-electron chi connectivity index (χ1n) is 5.15. The molecule has 1 heterocycles. The van der Waals surface area contributed by atoms with Gasteiger partial charge in [0.2, 0.25) is 11.8 Å². The number of hydrogen-bond acceptors (Lipinski definition) is 3. The Balaban J connectivity index is 2.76. The van der Waals surface area contributed by atoms with E-state index in [-0.39, 0.29) is 23.8 Å². The zero-order valence-corrected chi connectivity index (χ0v) is 8.82. The lowest BCUT2D eigenvalue weighted by Crippen LogP contribution is -2.51. The van der Waals surface area contributed by atoms with Crippen LogP contribution in [0, 0.1) is 5.92 Å². The zero-order chi connectivity index (χ0) is 10.7. The molecule has 1 fully saturated rings. The van der Waals surface area contributed by atoms with Gasteiger partial charge in [-0.3, -0.25) is 14.5 Å². The first kappa shape index (κ1) is 11.2. The fraction of sp³-hybridized carbons (Fsp3) is 0.800. The number of piperidine rings is 1. The lowest BCUT2D eigenvalue weighted by atomic mass is 9.96. The highest BCUT2D eigenvalue weighted by molar-refractivity contribution is 5.98. The van der Waals surface area contributed by atoms with Crippen molar-refractivity contribution in [1.29, 1.82) is 0 Å². The molecule has 4 nitrogen and oxygen atoms in total. The minimum atomic E-state index is -0.109. The fourth-order valence-corrected chi connectivity index (χ4v) is 1.87. The maximum absolute atomic E-state index is 11.6. The zero-order valence-electron chi connectivity index (χ0n) is 8.82. The van der Waals surface area contributed by atoms with E-state index >= 15 is 0 Å². The van der Waals surface area contributed by atoms with Gasteiger partial charge in [0.25, 0.3) is 0 Å². The Morgan fingerprint density at radius 3 is 2.29 bits per heavy atom. The largest absolute Gasteiger partial charge is 0.328 e. The van der Waals surface area contributed by atoms with Crippen LogP contribution >= 0.6 is 0 Å². The fourth-order valence-electron chi connectivity index (χ4n) is 1.87. The molecule has 0 bridgehead atoms. The van der Waals surface area contributed by atoms with E-state index in [2.05, 4.69) is 0 Å². The Labute approximate surface area is 84.4 Å². The summed E-state index contributed by atoms with van der Waals surface area (Å²) in [5, 5.41) is 0. The average molecular weight is 198 g/mol. The van der Waals surface area contributed by atoms with Crippen molar-refractivity contribution in [3.8, 4) is 0 Å². The van der Waals surface area contributed by atoms with Gasteiger partial charge in [-0.1, -0.05) is 13.8 Å². The minimum absolute atomic E-state index is 0.0638. The number of nitrogens with zero attached hydrogens (tertiary/aromatic N) is 1. The van der Waals surface area contributed by atoms with E-state index in [0.29, 0.717) is 19.4 Å². The normalized spacial score (nSPS) is 21.5. The third-order valence-corrected chi connectivity index (χ3v) is 2.69. The summed E-state index contributed by atoms with van der Waals surface area (Å²) in [7, 11) is 0. The SMILES string of the molecule is CCC(CN)N1C(=O)CC(C)CC1=O. The molecule has 1 atom stereocenters. The van der Waals surface area contributed by atoms with E-state index in [1.807, 2.05) is 13.8 Å². The van der Waals surface area contributed by atoms with Gasteiger partial charge in [-0.15, -0.1) is 0 Å². The lowest BCUT2D eigenvalue weighted by molar-refractivity contribution is -0.152. The van der Waals surface area contributed by atoms with Gasteiger partial charge in [0.1, 0.15) is 0 Å². The predicted molar refractivity (Wildman–Crippen MR) is 53.4 cm³/mol. The smallest absolute Gasteiger partial charge is 0.229 e. The molecule has 0 aromatic heterocycles. The summed E-state index contributed by atoms with van der Waals surface area (Å²) in [6.45, 7) is 4.23. The number of carbonyl (C=O) groups excluding carboxylic acids is 2. The van der Waals surface area contributed by atoms with Crippen LogP contribution in [0.2, 0.25) is 0 Å². The van der Waals surface area contributed by atoms with Gasteiger partial charge in [0.15, 0.2) is 0 Å². The number of likely N-dealkylation sites (tertiary alicyclic amines) is 1. The summed E-state index contributed by atoms with van der Waals surface area (Å²) < 4.78 is 0. The van der Waals surface area contributed by atoms with Crippen LogP contribution in [-0.4, -0.2) is 29.3 Å². The average Bonchev–Trinajstić information content (AvgIpc) is 2.10. The van der Waals surface area contributed by atoms with Crippen molar-refractivity contribution < 1.29 is 9.59 Å². The maximum atomic E-state index is 11.6. The Kier molecular flexibility index (Phi) is 3.63. The van der Waals surface area contributed by atoms with Crippen LogP contribution in [0.3, 0.4) is 0 Å². The molecule has 1 aliphatic heterocycles. The molecule has 1 saturated heterocycles. The molecule has 2 N–H and O–H groups in total. The van der Waals surface area contributed by atoms with Crippen LogP contribution in [-0.2, 0) is 9.59 Å². The second kappa shape index (κ2) is 4.55. The Morgan fingerprint density at radius 1 is 1.43 bits per heavy atom. The molecular weight excluding hydrogens is 180 g/mol. The minimum Gasteiger partial charge on any atom is -0.328 e. The number of carbonyl (C=O) groups is 2. The second-order valence-electron chi connectivity index (χ2n) is 3.97. The highest BCUT2D eigenvalue weighted by Crippen LogP contribution is 2.21. The van der Waals surface area contributed by atoms with Crippen LogP contribution < -0.4 is 5.73 Å². The molecule has 0 spiro atoms. The van der Waals surface area contributed by atoms with Gasteiger partial charge >= 0.3 is 0 Å². The lowest BCUT2D eigenvalue weighted by Gasteiger charge is -2.33. The molecule has 0 aromatic rings. The summed E-state index contributed by atoms with van der Waals surface area (Å²) in [5.74, 6) is 0.0543. The summed E-state index contributed by atoms with van der Waals surface area (Å²) in [4.78, 5) is 24.6. The van der Waals surface area contributed by atoms with E-state index in [9.17, 15) is 9.59 Å². The summed E-state index contributed by atoms with van der Waals surface area (Å²) >= 11 is 0. The van der Waals surface area contributed by atoms with Crippen LogP contribution in [0.4, 0.5) is 0 Å². The number of hydrogen-bond donors (Lipinski definition) is 1. The summed E-state index contributed by atoms with van der Waals surface area (Å²) in [6.07, 6.45) is 1.69. The molecule has 0 aromatic carbocycles. The van der Waals surface area contributed by atoms with Crippen LogP contribution in [0.1, 0.15) is 33.1 Å². The van der Waals surface area contributed by atoms with Gasteiger partial charge < -0.3 is 5.73 Å². The highest BCUT2D eigenvalue weighted by Gasteiger charge is 2.33. The molecule has 1 rings (SSSR count). The van der Waals surface area contributed by atoms with Crippen LogP contribution in [0.25, 0.3) is 0 Å². The maximum Gasteiger partial charge on any atom is 0.229 e. The van der Waals surface area contributed by atoms with E-state index in [1.54, 1.807) is 0 Å². The number of imide groups is 1. The molecule has 0 aliphatic carbocycles. The molecule has 1 aliphatic rings. The summed E-state index contributed by atoms with van der Waals surface area (Å²) in [6, 6.07) is -0.109. The first-order valence-corrected chi connectivity index (χ1v) is 5.15. The monoisotopic (exact) mass is 198 g/mol. The molecule has 0 saturated carbocycles. The van der Waals surface area contributed by atoms with Gasteiger partial charge in [-0.2, -0.15) is 0 Å². The molecule has 2 amide bonds. The molecule has 0 radical (unpaired) electrons. The Bertz CT molecular complexity index is 218. The topological polar surface area (TPSA) is 63.4 Å². The third-order valence-electron chi connectivity index (χ3n) is 2.69. The van der Waals surface area contributed by atoms with Crippen molar-refractivity contribution in [2.45, 2.75) is 39.2 Å². The van der Waals surface area contributed by atoms with Gasteiger partial charge in [-0.25, -0.2) is 0 Å². The van der Waals surface area contributed by atoms with Crippen molar-refractivity contribution in [3.63, 3.8) is 0 Å². The van der Waals surface area contributed by atoms with E-state index < -0.39 is 0 Å². The standard InChI is InChI=1S/C10H18N2O2/c1-3-8(6-11)12-9(13)4-7(2)5-10(12)14/h7-8H,3-6,11H2,1-2H3. The Morgan fingerprint density at radius 2 is 1.93 bits per heavy atom. The van der Waals surface area contributed by atoms with Crippen LogP contribution in [0.15, 0.2) is 0 Å². The number of rotatable bonds is 3. The van der Waals surface area contributed by atoms with Crippen molar-refractivity contribution >= 4 is 11.8 Å². The van der Waals surface area contributed by atoms with Gasteiger partial charge in [0.05, 0.1) is 6.04 Å². The highest BCUT2D eigenvalue weighted by atomic mass is 16.2. The van der Waals surface area contributed by atoms with E-state index in [0.717, 1.165) is 6.42 Å². The third kappa shape index (κ3) is 2.12. The van der Waals surface area contributed by atoms with Crippen LogP contribution in [0.5, 0.6) is 0 Å². The molecule has 14 heavy (non-hydrogen) atoms. The Hall–Kier alpha value is -0.900. The molecule has 4 heteroatoms.